The van der Waals surface area contributed by atoms with Crippen molar-refractivity contribution in [2.75, 3.05) is 13.1 Å². The summed E-state index contributed by atoms with van der Waals surface area (Å²) in [5.41, 5.74) is -0.0538. The van der Waals surface area contributed by atoms with Gasteiger partial charge < -0.3 is 10.2 Å². The van der Waals surface area contributed by atoms with Crippen LogP contribution in [0.25, 0.3) is 0 Å². The van der Waals surface area contributed by atoms with E-state index in [1.807, 2.05) is 4.90 Å². The van der Waals surface area contributed by atoms with E-state index in [2.05, 4.69) is 33.0 Å². The minimum Gasteiger partial charge on any atom is -0.334 e. The van der Waals surface area contributed by atoms with Gasteiger partial charge >= 0.3 is 0 Å². The molecule has 1 heterocycles. The van der Waals surface area contributed by atoms with Crippen LogP contribution >= 0.6 is 0 Å². The highest BCUT2D eigenvalue weighted by molar-refractivity contribution is 5.77. The lowest BCUT2D eigenvalue weighted by molar-refractivity contribution is -0.137. The third-order valence-corrected chi connectivity index (χ3v) is 2.51. The van der Waals surface area contributed by atoms with Gasteiger partial charge in [0.2, 0.25) is 5.91 Å². The van der Waals surface area contributed by atoms with Crippen LogP contribution in [0.3, 0.4) is 0 Å². The summed E-state index contributed by atoms with van der Waals surface area (Å²) in [6.07, 6.45) is 0.627. The molecule has 0 aromatic carbocycles. The second kappa shape index (κ2) is 3.66. The van der Waals surface area contributed by atoms with Crippen molar-refractivity contribution in [3.63, 3.8) is 0 Å². The smallest absolute Gasteiger partial charge is 0.224 e. The summed E-state index contributed by atoms with van der Waals surface area (Å²) in [5, 5.41) is 3.29. The summed E-state index contributed by atoms with van der Waals surface area (Å²) in [4.78, 5) is 13.8. The van der Waals surface area contributed by atoms with Crippen LogP contribution in [-0.2, 0) is 4.79 Å². The third-order valence-electron chi connectivity index (χ3n) is 2.51. The Hall–Kier alpha value is -0.570. The molecule has 0 spiro atoms. The molecule has 1 aliphatic rings. The normalized spacial score (nSPS) is 23.5. The fourth-order valence-corrected chi connectivity index (χ4v) is 2.12. The number of carbonyl (C=O) groups excluding carboxylic acids is 1. The number of nitrogens with one attached hydrogen (secondary N) is 1. The van der Waals surface area contributed by atoms with Crippen molar-refractivity contribution >= 4 is 5.91 Å². The lowest BCUT2D eigenvalue weighted by Gasteiger charge is -2.40. The van der Waals surface area contributed by atoms with Crippen molar-refractivity contribution in [2.45, 2.75) is 45.7 Å². The molecule has 1 amide bonds. The van der Waals surface area contributed by atoms with Crippen LogP contribution in [0.4, 0.5) is 0 Å². The number of hydrogen-bond donors (Lipinski definition) is 1. The molecule has 0 aliphatic carbocycles. The number of carbonyl (C=O) groups is 1. The first kappa shape index (κ1) is 10.5. The van der Waals surface area contributed by atoms with Gasteiger partial charge in [0.15, 0.2) is 0 Å². The fraction of sp³-hybridized carbons (Fsp3) is 0.900. The maximum Gasteiger partial charge on any atom is 0.224 e. The molecule has 1 N–H and O–H groups in total. The van der Waals surface area contributed by atoms with Gasteiger partial charge in [0, 0.05) is 31.1 Å². The van der Waals surface area contributed by atoms with Crippen LogP contribution < -0.4 is 5.32 Å². The molecule has 0 aromatic heterocycles. The van der Waals surface area contributed by atoms with Gasteiger partial charge in [-0.1, -0.05) is 0 Å². The van der Waals surface area contributed by atoms with Gasteiger partial charge in [-0.3, -0.25) is 4.79 Å². The lowest BCUT2D eigenvalue weighted by atomic mass is 10.0. The van der Waals surface area contributed by atoms with E-state index in [4.69, 9.17) is 0 Å². The molecule has 1 saturated heterocycles. The van der Waals surface area contributed by atoms with Crippen LogP contribution in [-0.4, -0.2) is 35.5 Å². The van der Waals surface area contributed by atoms with E-state index >= 15 is 0 Å². The van der Waals surface area contributed by atoms with Crippen molar-refractivity contribution < 1.29 is 4.79 Å². The monoisotopic (exact) mass is 184 g/mol. The van der Waals surface area contributed by atoms with E-state index in [1.165, 1.54) is 0 Å². The van der Waals surface area contributed by atoms with E-state index in [-0.39, 0.29) is 11.4 Å². The van der Waals surface area contributed by atoms with Gasteiger partial charge in [-0.15, -0.1) is 0 Å². The Morgan fingerprint density at radius 1 is 1.46 bits per heavy atom. The van der Waals surface area contributed by atoms with Crippen molar-refractivity contribution in [2.24, 2.45) is 0 Å². The molecule has 76 valence electrons. The van der Waals surface area contributed by atoms with Crippen LogP contribution in [0.5, 0.6) is 0 Å². The highest BCUT2D eigenvalue weighted by Crippen LogP contribution is 2.20. The van der Waals surface area contributed by atoms with Crippen LogP contribution in [0.2, 0.25) is 0 Å². The van der Waals surface area contributed by atoms with E-state index < -0.39 is 0 Å². The number of hydrogen-bond acceptors (Lipinski definition) is 2. The molecular weight excluding hydrogens is 164 g/mol. The van der Waals surface area contributed by atoms with Gasteiger partial charge in [-0.2, -0.15) is 0 Å². The van der Waals surface area contributed by atoms with Gasteiger partial charge in [-0.25, -0.2) is 0 Å². The molecule has 0 saturated carbocycles. The van der Waals surface area contributed by atoms with E-state index in [1.54, 1.807) is 0 Å². The quantitative estimate of drug-likeness (QED) is 0.659. The maximum absolute atomic E-state index is 11.8. The minimum atomic E-state index is -0.0538. The molecule has 0 bridgehead atoms. The first-order valence-corrected chi connectivity index (χ1v) is 4.98. The van der Waals surface area contributed by atoms with Gasteiger partial charge in [-0.05, 0) is 27.7 Å². The second-order valence-corrected chi connectivity index (χ2v) is 4.60. The molecule has 1 rings (SSSR count). The summed E-state index contributed by atoms with van der Waals surface area (Å²) in [6, 6.07) is 0.294. The molecule has 1 fully saturated rings. The molecule has 0 radical (unpaired) electrons. The average Bonchev–Trinajstić information content (AvgIpc) is 2.07. The Morgan fingerprint density at radius 2 is 2.08 bits per heavy atom. The zero-order valence-corrected chi connectivity index (χ0v) is 9.05. The van der Waals surface area contributed by atoms with Crippen molar-refractivity contribution in [3.8, 4) is 0 Å². The molecular formula is C10H20N2O. The highest BCUT2D eigenvalue weighted by atomic mass is 16.2. The predicted octanol–water partition coefficient (Wildman–Crippen LogP) is 0.995. The van der Waals surface area contributed by atoms with Gasteiger partial charge in [0.05, 0.1) is 0 Å². The molecule has 3 heteroatoms. The number of rotatable bonds is 1. The second-order valence-electron chi connectivity index (χ2n) is 4.60. The van der Waals surface area contributed by atoms with Gasteiger partial charge in [0.25, 0.3) is 0 Å². The van der Waals surface area contributed by atoms with E-state index in [0.29, 0.717) is 12.5 Å². The number of amides is 1. The SMILES string of the molecule is CC(C)N1C(=O)CCNCC1(C)C. The molecule has 1 aliphatic heterocycles. The summed E-state index contributed by atoms with van der Waals surface area (Å²) >= 11 is 0. The molecule has 13 heavy (non-hydrogen) atoms. The van der Waals surface area contributed by atoms with Crippen molar-refractivity contribution in [1.29, 1.82) is 0 Å². The first-order valence-electron chi connectivity index (χ1n) is 4.98. The average molecular weight is 184 g/mol. The van der Waals surface area contributed by atoms with E-state index in [9.17, 15) is 4.79 Å². The standard InChI is InChI=1S/C10H20N2O/c1-8(2)12-9(13)5-6-11-7-10(12,3)4/h8,11H,5-7H2,1-4H3. The summed E-state index contributed by atoms with van der Waals surface area (Å²) in [5.74, 6) is 0.269. The van der Waals surface area contributed by atoms with E-state index in [0.717, 1.165) is 13.1 Å². The molecule has 3 nitrogen and oxygen atoms in total. The Kier molecular flexibility index (Phi) is 2.96. The molecule has 0 atom stereocenters. The predicted molar refractivity (Wildman–Crippen MR) is 53.5 cm³/mol. The number of nitrogens with zero attached hydrogens (tertiary/aromatic N) is 1. The Bertz CT molecular complexity index is 199. The Balaban J connectivity index is 2.86. The zero-order valence-electron chi connectivity index (χ0n) is 9.05. The topological polar surface area (TPSA) is 32.3 Å². The molecule has 0 unspecified atom stereocenters. The van der Waals surface area contributed by atoms with Gasteiger partial charge in [0.1, 0.15) is 0 Å². The Morgan fingerprint density at radius 3 is 2.62 bits per heavy atom. The lowest BCUT2D eigenvalue weighted by Crippen LogP contribution is -2.53. The van der Waals surface area contributed by atoms with Crippen LogP contribution in [0.1, 0.15) is 34.1 Å². The van der Waals surface area contributed by atoms with Crippen molar-refractivity contribution in [1.82, 2.24) is 10.2 Å². The fourth-order valence-electron chi connectivity index (χ4n) is 2.12. The zero-order chi connectivity index (χ0) is 10.1. The minimum absolute atomic E-state index is 0.0538. The maximum atomic E-state index is 11.8. The summed E-state index contributed by atoms with van der Waals surface area (Å²) in [7, 11) is 0. The van der Waals surface area contributed by atoms with Crippen molar-refractivity contribution in [3.05, 3.63) is 0 Å². The highest BCUT2D eigenvalue weighted by Gasteiger charge is 2.34. The molecule has 0 aromatic rings. The summed E-state index contributed by atoms with van der Waals surface area (Å²) in [6.45, 7) is 10.1. The first-order chi connectivity index (χ1) is 5.95. The third kappa shape index (κ3) is 2.21. The van der Waals surface area contributed by atoms with Crippen LogP contribution in [0, 0.1) is 0 Å². The largest absolute Gasteiger partial charge is 0.334 e. The van der Waals surface area contributed by atoms with Crippen LogP contribution in [0.15, 0.2) is 0 Å². The Labute approximate surface area is 80.5 Å². The summed E-state index contributed by atoms with van der Waals surface area (Å²) < 4.78 is 0.